The molecule has 0 saturated carbocycles. The number of hydrogen-bond acceptors (Lipinski definition) is 5. The third-order valence-corrected chi connectivity index (χ3v) is 4.57. The molecule has 23 heavy (non-hydrogen) atoms. The van der Waals surface area contributed by atoms with Gasteiger partial charge in [-0.3, -0.25) is 0 Å². The molecule has 1 aromatic heterocycles. The fraction of sp³-hybridized carbons (Fsp3) is 0.562. The minimum atomic E-state index is -0.985. The number of carboxylic acid groups (broad SMARTS) is 1. The van der Waals surface area contributed by atoms with Crippen LogP contribution in [0.25, 0.3) is 5.57 Å². The first-order valence-corrected chi connectivity index (χ1v) is 8.09. The Morgan fingerprint density at radius 1 is 1.43 bits per heavy atom. The lowest BCUT2D eigenvalue weighted by atomic mass is 9.89. The summed E-state index contributed by atoms with van der Waals surface area (Å²) in [6.45, 7) is 3.63. The summed E-state index contributed by atoms with van der Waals surface area (Å²) in [5.74, 6) is 1.77. The highest BCUT2D eigenvalue weighted by molar-refractivity contribution is 5.67. The van der Waals surface area contributed by atoms with E-state index in [4.69, 9.17) is 10.8 Å². The summed E-state index contributed by atoms with van der Waals surface area (Å²) in [5.41, 5.74) is 8.02. The van der Waals surface area contributed by atoms with Crippen LogP contribution in [0.3, 0.4) is 0 Å². The van der Waals surface area contributed by atoms with Gasteiger partial charge in [-0.05, 0) is 37.2 Å². The number of rotatable bonds is 3. The van der Waals surface area contributed by atoms with Crippen molar-refractivity contribution in [1.29, 1.82) is 0 Å². The van der Waals surface area contributed by atoms with Gasteiger partial charge in [-0.25, -0.2) is 9.78 Å². The number of nitrogens with one attached hydrogen (secondary N) is 1. The lowest BCUT2D eigenvalue weighted by molar-refractivity contribution is 0.191. The van der Waals surface area contributed by atoms with Crippen molar-refractivity contribution in [3.63, 3.8) is 0 Å². The lowest BCUT2D eigenvalue weighted by Gasteiger charge is -2.21. The largest absolute Gasteiger partial charge is 0.465 e. The molecule has 4 N–H and O–H groups in total. The Kier molecular flexibility index (Phi) is 4.36. The number of carbonyl (C=O) groups is 1. The molecule has 1 aliphatic heterocycles. The van der Waals surface area contributed by atoms with Crippen molar-refractivity contribution in [2.75, 3.05) is 23.7 Å². The van der Waals surface area contributed by atoms with Gasteiger partial charge in [0.2, 0.25) is 5.95 Å². The quantitative estimate of drug-likeness (QED) is 0.788. The van der Waals surface area contributed by atoms with Gasteiger partial charge in [0.05, 0.1) is 11.7 Å². The summed E-state index contributed by atoms with van der Waals surface area (Å²) in [6.07, 6.45) is 5.29. The monoisotopic (exact) mass is 317 g/mol. The topological polar surface area (TPSA) is 104 Å². The number of amides is 1. The molecule has 3 rings (SSSR count). The van der Waals surface area contributed by atoms with Gasteiger partial charge in [0.25, 0.3) is 0 Å². The number of allylic oxidation sites excluding steroid dienone is 2. The van der Waals surface area contributed by atoms with Gasteiger partial charge in [0.15, 0.2) is 0 Å². The number of nitrogens with zero attached hydrogens (tertiary/aromatic N) is 3. The molecule has 0 bridgehead atoms. The highest BCUT2D eigenvalue weighted by Crippen LogP contribution is 2.31. The van der Waals surface area contributed by atoms with Crippen LogP contribution in [0.4, 0.5) is 16.6 Å². The molecule has 2 aliphatic rings. The van der Waals surface area contributed by atoms with Crippen LogP contribution in [0.5, 0.6) is 0 Å². The maximum atomic E-state index is 10.8. The van der Waals surface area contributed by atoms with Crippen molar-refractivity contribution in [2.24, 2.45) is 5.92 Å². The summed E-state index contributed by atoms with van der Waals surface area (Å²) in [6, 6.07) is 1.91. The SMILES string of the molecule is CC1CC=C(c2cc(N3CCC(NC(=O)O)C3)nc(N)n2)CC1. The maximum absolute atomic E-state index is 10.8. The van der Waals surface area contributed by atoms with Crippen molar-refractivity contribution >= 4 is 23.4 Å². The van der Waals surface area contributed by atoms with E-state index in [2.05, 4.69) is 33.2 Å². The molecule has 0 radical (unpaired) electrons. The molecule has 2 unspecified atom stereocenters. The number of nitrogen functional groups attached to an aromatic ring is 1. The first-order chi connectivity index (χ1) is 11.0. The summed E-state index contributed by atoms with van der Waals surface area (Å²) < 4.78 is 0. The van der Waals surface area contributed by atoms with Crippen LogP contribution >= 0.6 is 0 Å². The minimum absolute atomic E-state index is 0.0677. The van der Waals surface area contributed by atoms with Crippen LogP contribution in [0.2, 0.25) is 0 Å². The molecule has 1 aromatic rings. The Labute approximate surface area is 135 Å². The van der Waals surface area contributed by atoms with E-state index in [-0.39, 0.29) is 12.0 Å². The zero-order valence-electron chi connectivity index (χ0n) is 13.3. The highest BCUT2D eigenvalue weighted by Gasteiger charge is 2.25. The molecular weight excluding hydrogens is 294 g/mol. The summed E-state index contributed by atoms with van der Waals surface area (Å²) in [4.78, 5) is 21.5. The lowest BCUT2D eigenvalue weighted by Crippen LogP contribution is -2.36. The standard InChI is InChI=1S/C16H23N5O2/c1-10-2-4-11(5-3-10)13-8-14(20-15(17)19-13)21-7-6-12(9-21)18-16(22)23/h4,8,10,12,18H,2-3,5-7,9H2,1H3,(H,22,23)(H2,17,19,20). The van der Waals surface area contributed by atoms with Crippen molar-refractivity contribution in [2.45, 2.75) is 38.6 Å². The van der Waals surface area contributed by atoms with Crippen molar-refractivity contribution in [3.8, 4) is 0 Å². The van der Waals surface area contributed by atoms with Gasteiger partial charge in [0.1, 0.15) is 5.82 Å². The molecule has 1 amide bonds. The maximum Gasteiger partial charge on any atom is 0.404 e. The molecule has 0 aromatic carbocycles. The van der Waals surface area contributed by atoms with Crippen molar-refractivity contribution in [1.82, 2.24) is 15.3 Å². The smallest absolute Gasteiger partial charge is 0.404 e. The average Bonchev–Trinajstić information content (AvgIpc) is 2.95. The van der Waals surface area contributed by atoms with Gasteiger partial charge in [-0.1, -0.05) is 13.0 Å². The van der Waals surface area contributed by atoms with E-state index in [0.29, 0.717) is 6.54 Å². The van der Waals surface area contributed by atoms with Crippen LogP contribution < -0.4 is 16.0 Å². The Balaban J connectivity index is 1.77. The van der Waals surface area contributed by atoms with Gasteiger partial charge >= 0.3 is 6.09 Å². The molecule has 2 atom stereocenters. The fourth-order valence-corrected chi connectivity index (χ4v) is 3.24. The summed E-state index contributed by atoms with van der Waals surface area (Å²) in [5, 5.41) is 11.4. The highest BCUT2D eigenvalue weighted by atomic mass is 16.4. The molecule has 7 heteroatoms. The van der Waals surface area contributed by atoms with Gasteiger partial charge in [-0.2, -0.15) is 4.98 Å². The third-order valence-electron chi connectivity index (χ3n) is 4.57. The van der Waals surface area contributed by atoms with E-state index in [1.807, 2.05) is 6.07 Å². The zero-order valence-corrected chi connectivity index (χ0v) is 13.3. The molecule has 1 saturated heterocycles. The zero-order chi connectivity index (χ0) is 16.4. The summed E-state index contributed by atoms with van der Waals surface area (Å²) in [7, 11) is 0. The van der Waals surface area contributed by atoms with E-state index in [1.165, 1.54) is 12.0 Å². The molecule has 1 aliphatic carbocycles. The molecular formula is C16H23N5O2. The van der Waals surface area contributed by atoms with E-state index < -0.39 is 6.09 Å². The summed E-state index contributed by atoms with van der Waals surface area (Å²) >= 11 is 0. The van der Waals surface area contributed by atoms with Crippen LogP contribution in [-0.2, 0) is 0 Å². The fourth-order valence-electron chi connectivity index (χ4n) is 3.24. The first-order valence-electron chi connectivity index (χ1n) is 8.09. The first kappa shape index (κ1) is 15.6. The molecule has 2 heterocycles. The molecule has 1 fully saturated rings. The Hall–Kier alpha value is -2.31. The minimum Gasteiger partial charge on any atom is -0.465 e. The molecule has 7 nitrogen and oxygen atoms in total. The van der Waals surface area contributed by atoms with Gasteiger partial charge < -0.3 is 21.1 Å². The van der Waals surface area contributed by atoms with E-state index >= 15 is 0 Å². The average molecular weight is 317 g/mol. The third kappa shape index (κ3) is 3.72. The Bertz CT molecular complexity index is 631. The van der Waals surface area contributed by atoms with Crippen molar-refractivity contribution < 1.29 is 9.90 Å². The van der Waals surface area contributed by atoms with E-state index in [9.17, 15) is 4.79 Å². The predicted molar refractivity (Wildman–Crippen MR) is 89.2 cm³/mol. The molecule has 124 valence electrons. The second-order valence-corrected chi connectivity index (χ2v) is 6.46. The van der Waals surface area contributed by atoms with Gasteiger partial charge in [0, 0.05) is 19.2 Å². The van der Waals surface area contributed by atoms with Crippen LogP contribution in [-0.4, -0.2) is 40.3 Å². The number of nitrogens with two attached hydrogens (primary N) is 1. The van der Waals surface area contributed by atoms with Crippen LogP contribution in [0, 0.1) is 5.92 Å². The second-order valence-electron chi connectivity index (χ2n) is 6.46. The van der Waals surface area contributed by atoms with Crippen LogP contribution in [0.15, 0.2) is 12.1 Å². The predicted octanol–water partition coefficient (Wildman–Crippen LogP) is 2.11. The number of hydrogen-bond donors (Lipinski definition) is 3. The van der Waals surface area contributed by atoms with Crippen LogP contribution in [0.1, 0.15) is 38.3 Å². The number of aromatic nitrogens is 2. The van der Waals surface area contributed by atoms with E-state index in [0.717, 1.165) is 43.2 Å². The number of anilines is 2. The van der Waals surface area contributed by atoms with E-state index in [1.54, 1.807) is 0 Å². The Morgan fingerprint density at radius 3 is 2.96 bits per heavy atom. The normalized spacial score (nSPS) is 24.4. The van der Waals surface area contributed by atoms with Gasteiger partial charge in [-0.15, -0.1) is 0 Å². The molecule has 0 spiro atoms. The second kappa shape index (κ2) is 6.44. The Morgan fingerprint density at radius 2 is 2.26 bits per heavy atom. The van der Waals surface area contributed by atoms with Crippen molar-refractivity contribution in [3.05, 3.63) is 17.8 Å².